The first-order chi connectivity index (χ1) is 12.4. The van der Waals surface area contributed by atoms with Gasteiger partial charge in [0, 0.05) is 13.2 Å². The second-order valence-electron chi connectivity index (χ2n) is 6.17. The Morgan fingerprint density at radius 2 is 1.81 bits per heavy atom. The summed E-state index contributed by atoms with van der Waals surface area (Å²) in [6.07, 6.45) is 3.48. The molecule has 2 N–H and O–H groups in total. The number of nitrogens with one attached hydrogen (secondary N) is 1. The van der Waals surface area contributed by atoms with Gasteiger partial charge in [-0.2, -0.15) is 0 Å². The minimum Gasteiger partial charge on any atom is -0.391 e. The van der Waals surface area contributed by atoms with Crippen molar-refractivity contribution < 1.29 is 18.7 Å². The molecule has 2 aromatic rings. The lowest BCUT2D eigenvalue weighted by atomic mass is 9.92. The van der Waals surface area contributed by atoms with Gasteiger partial charge in [-0.15, -0.1) is 0 Å². The van der Waals surface area contributed by atoms with E-state index in [-0.39, 0.29) is 11.1 Å². The highest BCUT2D eigenvalue weighted by Gasteiger charge is 2.26. The average molecular weight is 366 g/mol. The highest BCUT2D eigenvalue weighted by Crippen LogP contribution is 2.20. The molecule has 2 atom stereocenters. The zero-order chi connectivity index (χ0) is 19.4. The third-order valence-corrected chi connectivity index (χ3v) is 4.52. The van der Waals surface area contributed by atoms with Crippen LogP contribution < -0.4 is 10.7 Å². The van der Waals surface area contributed by atoms with E-state index in [2.05, 4.69) is 5.32 Å². The number of carbonyl (C=O) groups excluding carboxylic acids is 1. The van der Waals surface area contributed by atoms with E-state index in [4.69, 9.17) is 0 Å². The zero-order valence-corrected chi connectivity index (χ0v) is 15.2. The van der Waals surface area contributed by atoms with Crippen LogP contribution in [0.15, 0.2) is 23.1 Å². The number of aliphatic hydroxyl groups excluding tert-OH is 1. The third-order valence-electron chi connectivity index (χ3n) is 4.52. The molecular formula is C19H24F2N2O3. The van der Waals surface area contributed by atoms with Crippen molar-refractivity contribution in [3.05, 3.63) is 45.8 Å². The normalized spacial score (nSPS) is 19.6. The predicted molar refractivity (Wildman–Crippen MR) is 96.2 cm³/mol. The molecular weight excluding hydrogens is 342 g/mol. The Hall–Kier alpha value is -2.28. The minimum absolute atomic E-state index is 0.186. The first-order valence-electron chi connectivity index (χ1n) is 8.86. The van der Waals surface area contributed by atoms with E-state index in [0.717, 1.165) is 25.0 Å². The lowest BCUT2D eigenvalue weighted by Crippen LogP contribution is -2.46. The fourth-order valence-corrected chi connectivity index (χ4v) is 3.24. The molecule has 0 spiro atoms. The van der Waals surface area contributed by atoms with Crippen LogP contribution in [0, 0.1) is 11.6 Å². The molecule has 5 nitrogen and oxygen atoms in total. The van der Waals surface area contributed by atoms with Crippen molar-refractivity contribution in [2.45, 2.75) is 51.7 Å². The predicted octanol–water partition coefficient (Wildman–Crippen LogP) is 2.88. The molecule has 1 saturated carbocycles. The number of hydrogen-bond acceptors (Lipinski definition) is 3. The summed E-state index contributed by atoms with van der Waals surface area (Å²) >= 11 is 0. The standard InChI is InChI=1S/C17H18F2N2O3.C2H6/c1-21-8-9(17(24)20-12-4-2-3-5-13(12)22)16(23)14-10(18)6-7-11(19)15(14)21;1-2/h6-8,12-13,22H,2-5H2,1H3,(H,20,24);1-2H3/t12-,13?;/m1./s1. The molecule has 1 aromatic carbocycles. The van der Waals surface area contributed by atoms with Crippen LogP contribution in [0.2, 0.25) is 0 Å². The van der Waals surface area contributed by atoms with Crippen LogP contribution in [0.3, 0.4) is 0 Å². The van der Waals surface area contributed by atoms with Gasteiger partial charge in [-0.1, -0.05) is 26.7 Å². The van der Waals surface area contributed by atoms with Crippen molar-refractivity contribution in [2.75, 3.05) is 0 Å². The van der Waals surface area contributed by atoms with Crippen molar-refractivity contribution in [2.24, 2.45) is 7.05 Å². The molecule has 26 heavy (non-hydrogen) atoms. The topological polar surface area (TPSA) is 71.3 Å². The summed E-state index contributed by atoms with van der Waals surface area (Å²) in [4.78, 5) is 24.9. The number of nitrogens with zero attached hydrogens (tertiary/aromatic N) is 1. The molecule has 0 radical (unpaired) electrons. The third kappa shape index (κ3) is 3.77. The number of aromatic nitrogens is 1. The number of rotatable bonds is 2. The van der Waals surface area contributed by atoms with Gasteiger partial charge in [-0.3, -0.25) is 9.59 Å². The van der Waals surface area contributed by atoms with E-state index >= 15 is 0 Å². The maximum Gasteiger partial charge on any atom is 0.257 e. The van der Waals surface area contributed by atoms with E-state index in [9.17, 15) is 23.5 Å². The Morgan fingerprint density at radius 1 is 1.19 bits per heavy atom. The zero-order valence-electron chi connectivity index (χ0n) is 15.2. The van der Waals surface area contributed by atoms with Crippen LogP contribution >= 0.6 is 0 Å². The molecule has 1 aromatic heterocycles. The van der Waals surface area contributed by atoms with Gasteiger partial charge in [-0.25, -0.2) is 8.78 Å². The van der Waals surface area contributed by atoms with Crippen molar-refractivity contribution in [3.63, 3.8) is 0 Å². The van der Waals surface area contributed by atoms with Crippen molar-refractivity contribution in [1.29, 1.82) is 0 Å². The van der Waals surface area contributed by atoms with E-state index in [1.165, 1.54) is 17.8 Å². The van der Waals surface area contributed by atoms with Crippen LogP contribution in [-0.2, 0) is 7.05 Å². The van der Waals surface area contributed by atoms with Gasteiger partial charge >= 0.3 is 0 Å². The van der Waals surface area contributed by atoms with Crippen LogP contribution in [0.5, 0.6) is 0 Å². The second-order valence-corrected chi connectivity index (χ2v) is 6.17. The van der Waals surface area contributed by atoms with E-state index in [1.54, 1.807) is 0 Å². The SMILES string of the molecule is CC.Cn1cc(C(=O)N[C@@H]2CCCCC2O)c(=O)c2c(F)ccc(F)c21. The molecule has 0 aliphatic heterocycles. The Kier molecular flexibility index (Phi) is 6.47. The smallest absolute Gasteiger partial charge is 0.257 e. The summed E-state index contributed by atoms with van der Waals surface area (Å²) < 4.78 is 29.1. The molecule has 142 valence electrons. The molecule has 0 bridgehead atoms. The van der Waals surface area contributed by atoms with Gasteiger partial charge in [-0.05, 0) is 25.0 Å². The number of fused-ring (bicyclic) bond motifs is 1. The fraction of sp³-hybridized carbons (Fsp3) is 0.474. The Bertz CT molecular complexity index is 864. The van der Waals surface area contributed by atoms with Crippen molar-refractivity contribution in [1.82, 2.24) is 9.88 Å². The quantitative estimate of drug-likeness (QED) is 0.859. The van der Waals surface area contributed by atoms with Crippen molar-refractivity contribution in [3.8, 4) is 0 Å². The Labute approximate surface area is 150 Å². The molecule has 3 rings (SSSR count). The van der Waals surface area contributed by atoms with Crippen molar-refractivity contribution >= 4 is 16.8 Å². The first kappa shape index (κ1) is 20.0. The number of halogens is 2. The second kappa shape index (κ2) is 8.40. The number of amides is 1. The molecule has 1 aliphatic rings. The van der Waals surface area contributed by atoms with Gasteiger partial charge in [0.15, 0.2) is 0 Å². The number of pyridine rings is 1. The summed E-state index contributed by atoms with van der Waals surface area (Å²) in [5, 5.41) is 12.1. The first-order valence-corrected chi connectivity index (χ1v) is 8.86. The highest BCUT2D eigenvalue weighted by atomic mass is 19.1. The summed E-state index contributed by atoms with van der Waals surface area (Å²) in [7, 11) is 1.44. The lowest BCUT2D eigenvalue weighted by molar-refractivity contribution is 0.0716. The average Bonchev–Trinajstić information content (AvgIpc) is 2.63. The summed E-state index contributed by atoms with van der Waals surface area (Å²) in [5.74, 6) is -2.30. The molecule has 1 amide bonds. The number of carbonyl (C=O) groups is 1. The van der Waals surface area contributed by atoms with E-state index in [0.29, 0.717) is 12.8 Å². The largest absolute Gasteiger partial charge is 0.391 e. The molecule has 7 heteroatoms. The van der Waals surface area contributed by atoms with Gasteiger partial charge in [0.25, 0.3) is 5.91 Å². The number of benzene rings is 1. The Morgan fingerprint density at radius 3 is 2.46 bits per heavy atom. The molecule has 1 unspecified atom stereocenters. The van der Waals surface area contributed by atoms with E-state index in [1.807, 2.05) is 13.8 Å². The van der Waals surface area contributed by atoms with Crippen LogP contribution in [0.1, 0.15) is 49.9 Å². The van der Waals surface area contributed by atoms with Gasteiger partial charge < -0.3 is 15.0 Å². The molecule has 1 fully saturated rings. The van der Waals surface area contributed by atoms with Crippen LogP contribution in [0.4, 0.5) is 8.78 Å². The highest BCUT2D eigenvalue weighted by molar-refractivity contribution is 5.97. The molecule has 1 heterocycles. The molecule has 0 saturated heterocycles. The van der Waals surface area contributed by atoms with Crippen LogP contribution in [-0.4, -0.2) is 27.7 Å². The lowest BCUT2D eigenvalue weighted by Gasteiger charge is -2.28. The maximum absolute atomic E-state index is 14.0. The summed E-state index contributed by atoms with van der Waals surface area (Å²) in [6.45, 7) is 4.00. The summed E-state index contributed by atoms with van der Waals surface area (Å²) in [5.41, 5.74) is -1.32. The van der Waals surface area contributed by atoms with E-state index < -0.39 is 40.5 Å². The van der Waals surface area contributed by atoms with Gasteiger partial charge in [0.1, 0.15) is 17.2 Å². The maximum atomic E-state index is 14.0. The van der Waals surface area contributed by atoms with Gasteiger partial charge in [0.05, 0.1) is 23.0 Å². The van der Waals surface area contributed by atoms with Crippen LogP contribution in [0.25, 0.3) is 10.9 Å². The minimum atomic E-state index is -0.876. The number of aliphatic hydroxyl groups is 1. The number of hydrogen-bond donors (Lipinski definition) is 2. The number of aryl methyl sites for hydroxylation is 1. The Balaban J connectivity index is 0.00000117. The van der Waals surface area contributed by atoms with Gasteiger partial charge in [0.2, 0.25) is 5.43 Å². The fourth-order valence-electron chi connectivity index (χ4n) is 3.24. The molecule has 1 aliphatic carbocycles. The summed E-state index contributed by atoms with van der Waals surface area (Å²) in [6, 6.07) is 1.37. The monoisotopic (exact) mass is 366 g/mol.